The molecule has 0 bridgehead atoms. The van der Waals surface area contributed by atoms with E-state index in [1.165, 1.54) is 4.68 Å². The molecular weight excluding hydrogens is 620 g/mol. The molecule has 11 nitrogen and oxygen atoms in total. The van der Waals surface area contributed by atoms with Crippen LogP contribution in [0.1, 0.15) is 71.7 Å². The number of carbonyl (C=O) groups is 1. The Morgan fingerprint density at radius 3 is 2.29 bits per heavy atom. The van der Waals surface area contributed by atoms with E-state index < -0.39 is 5.97 Å². The molecule has 49 heavy (non-hydrogen) atoms. The SMILES string of the molecule is [C-]#[N+]C1=C(C(=O)OC2C(C)CC(C)CC2C)c2nc(-c3cc(OC)c(OC)cc3OC)nn2/C1=N/c1ccc(N(CC)CCCC)cc1C. The predicted molar refractivity (Wildman–Crippen MR) is 192 cm³/mol. The molecule has 0 amide bonds. The first-order valence-corrected chi connectivity index (χ1v) is 17.1. The Kier molecular flexibility index (Phi) is 11.0. The summed E-state index contributed by atoms with van der Waals surface area (Å²) in [6.07, 6.45) is 3.87. The van der Waals surface area contributed by atoms with Crippen LogP contribution in [0.4, 0.5) is 11.4 Å². The number of rotatable bonds is 12. The van der Waals surface area contributed by atoms with Crippen molar-refractivity contribution in [2.45, 2.75) is 73.3 Å². The number of esters is 1. The molecule has 260 valence electrons. The third-order valence-electron chi connectivity index (χ3n) is 9.59. The van der Waals surface area contributed by atoms with E-state index in [1.807, 2.05) is 19.1 Å². The van der Waals surface area contributed by atoms with E-state index in [4.69, 9.17) is 40.6 Å². The highest BCUT2D eigenvalue weighted by Crippen LogP contribution is 2.42. The fourth-order valence-corrected chi connectivity index (χ4v) is 7.16. The topological polar surface area (TPSA) is 105 Å². The Balaban J connectivity index is 1.65. The predicted octanol–water partition coefficient (Wildman–Crippen LogP) is 7.74. The zero-order valence-electron chi connectivity index (χ0n) is 30.2. The van der Waals surface area contributed by atoms with Gasteiger partial charge in [0, 0.05) is 24.8 Å². The molecule has 2 atom stereocenters. The largest absolute Gasteiger partial charge is 0.496 e. The van der Waals surface area contributed by atoms with Crippen molar-refractivity contribution in [3.8, 4) is 28.6 Å². The maximum Gasteiger partial charge on any atom is 0.331 e. The standard InChI is InChI=1S/C38H48N6O5/c1-11-13-16-43(12-2)26-14-15-28(23(4)19-26)40-37-33(39-7)32(38(45)49-34-24(5)17-22(3)18-25(34)6)36-41-35(42-44(36)37)27-20-30(47-9)31(48-10)21-29(27)46-8/h14-15,19-22,24-25,34H,11-13,16-18H2,1-6,8-10H3/b40-37+. The van der Waals surface area contributed by atoms with E-state index in [2.05, 4.69) is 50.4 Å². The molecule has 0 radical (unpaired) electrons. The molecule has 1 aliphatic heterocycles. The molecular formula is C38H48N6O5. The van der Waals surface area contributed by atoms with Gasteiger partial charge in [-0.25, -0.2) is 24.3 Å². The van der Waals surface area contributed by atoms with E-state index in [0.29, 0.717) is 34.4 Å². The van der Waals surface area contributed by atoms with Gasteiger partial charge < -0.3 is 23.8 Å². The van der Waals surface area contributed by atoms with Crippen LogP contribution in [0, 0.1) is 31.2 Å². The molecule has 2 aliphatic rings. The molecule has 1 fully saturated rings. The number of carbonyl (C=O) groups excluding carboxylic acids is 1. The lowest BCUT2D eigenvalue weighted by Gasteiger charge is -2.37. The Bertz CT molecular complexity index is 1790. The highest BCUT2D eigenvalue weighted by Gasteiger charge is 2.41. The molecule has 1 aromatic heterocycles. The third-order valence-corrected chi connectivity index (χ3v) is 9.59. The minimum absolute atomic E-state index is 0.0518. The Hall–Kier alpha value is -4.85. The first-order valence-electron chi connectivity index (χ1n) is 17.1. The van der Waals surface area contributed by atoms with E-state index in [-0.39, 0.29) is 46.7 Å². The number of benzene rings is 2. The lowest BCUT2D eigenvalue weighted by Crippen LogP contribution is -2.37. The number of nitrogens with zero attached hydrogens (tertiary/aromatic N) is 6. The number of hydrogen-bond donors (Lipinski definition) is 0. The maximum atomic E-state index is 14.1. The Morgan fingerprint density at radius 2 is 1.69 bits per heavy atom. The second-order valence-corrected chi connectivity index (χ2v) is 13.2. The van der Waals surface area contributed by atoms with Crippen molar-refractivity contribution >= 4 is 28.8 Å². The minimum atomic E-state index is -0.601. The molecule has 0 spiro atoms. The number of aromatic nitrogens is 3. The average Bonchev–Trinajstić information content (AvgIpc) is 3.64. The average molecular weight is 669 g/mol. The van der Waals surface area contributed by atoms with Gasteiger partial charge in [0.25, 0.3) is 0 Å². The Labute approximate surface area is 289 Å². The van der Waals surface area contributed by atoms with Crippen molar-refractivity contribution in [1.29, 1.82) is 0 Å². The van der Waals surface area contributed by atoms with E-state index >= 15 is 0 Å². The normalized spacial score (nSPS) is 20.9. The van der Waals surface area contributed by atoms with E-state index in [0.717, 1.165) is 50.0 Å². The zero-order chi connectivity index (χ0) is 35.4. The van der Waals surface area contributed by atoms with E-state index in [9.17, 15) is 4.79 Å². The Morgan fingerprint density at radius 1 is 1.02 bits per heavy atom. The summed E-state index contributed by atoms with van der Waals surface area (Å²) in [5.74, 6) is 2.38. The molecule has 3 aromatic rings. The van der Waals surface area contributed by atoms with Crippen LogP contribution >= 0.6 is 0 Å². The maximum absolute atomic E-state index is 14.1. The van der Waals surface area contributed by atoms with Crippen LogP contribution < -0.4 is 19.1 Å². The quantitative estimate of drug-likeness (QED) is 0.143. The van der Waals surface area contributed by atoms with E-state index in [1.54, 1.807) is 33.5 Å². The second-order valence-electron chi connectivity index (χ2n) is 13.2. The first kappa shape index (κ1) is 35.5. The van der Waals surface area contributed by atoms with Crippen molar-refractivity contribution in [3.63, 3.8) is 0 Å². The molecule has 1 aliphatic carbocycles. The number of ether oxygens (including phenoxy) is 4. The highest BCUT2D eigenvalue weighted by atomic mass is 16.5. The number of anilines is 1. The van der Waals surface area contributed by atoms with Crippen molar-refractivity contribution in [3.05, 3.63) is 58.8 Å². The van der Waals surface area contributed by atoms with Gasteiger partial charge >= 0.3 is 5.97 Å². The molecule has 1 saturated carbocycles. The number of unbranched alkanes of at least 4 members (excludes halogenated alkanes) is 1. The number of allylic oxidation sites excluding steroid dienone is 1. The summed E-state index contributed by atoms with van der Waals surface area (Å²) in [6, 6.07) is 9.53. The first-order chi connectivity index (χ1) is 23.6. The van der Waals surface area contributed by atoms with Crippen LogP contribution in [0.2, 0.25) is 0 Å². The number of aryl methyl sites for hydroxylation is 1. The van der Waals surface area contributed by atoms with Gasteiger partial charge in [-0.15, -0.1) is 5.10 Å². The number of fused-ring (bicyclic) bond motifs is 1. The molecule has 0 saturated heterocycles. The van der Waals surface area contributed by atoms with Crippen molar-refractivity contribution < 1.29 is 23.7 Å². The van der Waals surface area contributed by atoms with Crippen LogP contribution in [0.15, 0.2) is 41.0 Å². The molecule has 5 rings (SSSR count). The number of aliphatic imine (C=N–C) groups is 1. The third kappa shape index (κ3) is 7.00. The van der Waals surface area contributed by atoms with Gasteiger partial charge in [-0.1, -0.05) is 34.1 Å². The van der Waals surface area contributed by atoms with Crippen LogP contribution in [0.5, 0.6) is 17.2 Å². The second kappa shape index (κ2) is 15.1. The molecule has 11 heteroatoms. The number of hydrogen-bond acceptors (Lipinski definition) is 9. The highest BCUT2D eigenvalue weighted by molar-refractivity contribution is 6.29. The minimum Gasteiger partial charge on any atom is -0.496 e. The molecule has 2 heterocycles. The van der Waals surface area contributed by atoms with Crippen LogP contribution in [-0.2, 0) is 9.53 Å². The summed E-state index contributed by atoms with van der Waals surface area (Å²) >= 11 is 0. The summed E-state index contributed by atoms with van der Waals surface area (Å²) in [4.78, 5) is 30.1. The summed E-state index contributed by atoms with van der Waals surface area (Å²) in [7, 11) is 4.64. The van der Waals surface area contributed by atoms with Gasteiger partial charge in [-0.05, 0) is 80.7 Å². The molecule has 2 aromatic carbocycles. The van der Waals surface area contributed by atoms with Gasteiger partial charge in [0.1, 0.15) is 17.4 Å². The molecule has 0 N–H and O–H groups in total. The fourth-order valence-electron chi connectivity index (χ4n) is 7.16. The van der Waals surface area contributed by atoms with Crippen LogP contribution in [-0.4, -0.2) is 67.1 Å². The zero-order valence-corrected chi connectivity index (χ0v) is 30.2. The van der Waals surface area contributed by atoms with Gasteiger partial charge in [-0.2, -0.15) is 0 Å². The van der Waals surface area contributed by atoms with Gasteiger partial charge in [0.2, 0.25) is 5.70 Å². The van der Waals surface area contributed by atoms with Crippen molar-refractivity contribution in [2.75, 3.05) is 39.3 Å². The fraction of sp³-hybridized carbons (Fsp3) is 0.500. The summed E-state index contributed by atoms with van der Waals surface area (Å²) in [6.45, 7) is 22.9. The summed E-state index contributed by atoms with van der Waals surface area (Å²) < 4.78 is 24.4. The van der Waals surface area contributed by atoms with Gasteiger partial charge in [0.15, 0.2) is 29.0 Å². The lowest BCUT2D eigenvalue weighted by atomic mass is 9.75. The number of methoxy groups -OCH3 is 3. The summed E-state index contributed by atoms with van der Waals surface area (Å²) in [5, 5.41) is 4.82. The van der Waals surface area contributed by atoms with Crippen molar-refractivity contribution in [1.82, 2.24) is 14.8 Å². The van der Waals surface area contributed by atoms with Crippen LogP contribution in [0.3, 0.4) is 0 Å². The van der Waals surface area contributed by atoms with Crippen molar-refractivity contribution in [2.24, 2.45) is 22.7 Å². The molecule has 2 unspecified atom stereocenters. The summed E-state index contributed by atoms with van der Waals surface area (Å²) in [5.41, 5.74) is 3.34. The smallest absolute Gasteiger partial charge is 0.331 e. The monoisotopic (exact) mass is 668 g/mol. The lowest BCUT2D eigenvalue weighted by molar-refractivity contribution is -0.150. The van der Waals surface area contributed by atoms with Gasteiger partial charge in [-0.3, -0.25) is 0 Å². The van der Waals surface area contributed by atoms with Gasteiger partial charge in [0.05, 0.1) is 39.2 Å². The van der Waals surface area contributed by atoms with Crippen LogP contribution in [0.25, 0.3) is 21.8 Å².